The first kappa shape index (κ1) is 20.6. The Kier molecular flexibility index (Phi) is 5.54. The third kappa shape index (κ3) is 4.12. The number of aromatic nitrogens is 2. The van der Waals surface area contributed by atoms with Crippen LogP contribution in [-0.2, 0) is 22.9 Å². The van der Waals surface area contributed by atoms with Gasteiger partial charge < -0.3 is 4.90 Å². The van der Waals surface area contributed by atoms with E-state index in [4.69, 9.17) is 9.97 Å². The Labute approximate surface area is 187 Å². The molecule has 1 saturated heterocycles. The fourth-order valence-corrected chi connectivity index (χ4v) is 6.91. The van der Waals surface area contributed by atoms with Gasteiger partial charge >= 0.3 is 0 Å². The van der Waals surface area contributed by atoms with Crippen LogP contribution in [0, 0.1) is 6.92 Å². The second-order valence-corrected chi connectivity index (χ2v) is 11.0. The number of benzene rings is 1. The summed E-state index contributed by atoms with van der Waals surface area (Å²) in [6.07, 6.45) is 6.35. The van der Waals surface area contributed by atoms with Crippen LogP contribution in [0.4, 0.5) is 5.82 Å². The van der Waals surface area contributed by atoms with E-state index < -0.39 is 10.0 Å². The van der Waals surface area contributed by atoms with Crippen molar-refractivity contribution in [1.82, 2.24) is 14.3 Å². The zero-order valence-corrected chi connectivity index (χ0v) is 19.3. The molecule has 5 rings (SSSR count). The third-order valence-corrected chi connectivity index (χ3v) is 8.79. The molecule has 0 N–H and O–H groups in total. The molecule has 0 bridgehead atoms. The molecule has 0 saturated carbocycles. The molecule has 0 amide bonds. The SMILES string of the molecule is Cc1nc(N2CCN(S(=O)(=O)C=Cc3ccccc3)CC2)c2c3c(sc2n1)CCCC3. The van der Waals surface area contributed by atoms with Crippen molar-refractivity contribution >= 4 is 43.5 Å². The van der Waals surface area contributed by atoms with Gasteiger partial charge in [0.05, 0.1) is 5.39 Å². The first-order chi connectivity index (χ1) is 15.0. The smallest absolute Gasteiger partial charge is 0.236 e. The molecule has 1 fully saturated rings. The topological polar surface area (TPSA) is 66.4 Å². The Hall–Kier alpha value is -2.29. The quantitative estimate of drug-likeness (QED) is 0.596. The molecule has 2 aliphatic rings. The predicted molar refractivity (Wildman–Crippen MR) is 127 cm³/mol. The Bertz CT molecular complexity index is 1230. The summed E-state index contributed by atoms with van der Waals surface area (Å²) in [6, 6.07) is 9.52. The van der Waals surface area contributed by atoms with Gasteiger partial charge in [-0.1, -0.05) is 30.3 Å². The molecule has 0 unspecified atom stereocenters. The molecule has 0 spiro atoms. The molecule has 1 aliphatic carbocycles. The van der Waals surface area contributed by atoms with Gasteiger partial charge in [0.15, 0.2) is 0 Å². The zero-order valence-electron chi connectivity index (χ0n) is 17.6. The second kappa shape index (κ2) is 8.33. The minimum atomic E-state index is -3.45. The fourth-order valence-electron chi connectivity index (χ4n) is 4.44. The van der Waals surface area contributed by atoms with E-state index in [9.17, 15) is 8.42 Å². The van der Waals surface area contributed by atoms with Crippen molar-refractivity contribution in [1.29, 1.82) is 0 Å². The first-order valence-corrected chi connectivity index (χ1v) is 13.1. The van der Waals surface area contributed by atoms with E-state index in [2.05, 4.69) is 4.90 Å². The van der Waals surface area contributed by atoms with Crippen LogP contribution >= 0.6 is 11.3 Å². The van der Waals surface area contributed by atoms with Crippen molar-refractivity contribution in [3.8, 4) is 0 Å². The minimum absolute atomic E-state index is 0.457. The van der Waals surface area contributed by atoms with Gasteiger partial charge in [0.2, 0.25) is 10.0 Å². The fraction of sp³-hybridized carbons (Fsp3) is 0.391. The summed E-state index contributed by atoms with van der Waals surface area (Å²) >= 11 is 1.81. The lowest BCUT2D eigenvalue weighted by Crippen LogP contribution is -2.48. The lowest BCUT2D eigenvalue weighted by atomic mass is 9.97. The Morgan fingerprint density at radius 3 is 2.52 bits per heavy atom. The van der Waals surface area contributed by atoms with Crippen molar-refractivity contribution in [2.24, 2.45) is 0 Å². The normalized spacial score (nSPS) is 18.0. The highest BCUT2D eigenvalue weighted by molar-refractivity contribution is 7.92. The van der Waals surface area contributed by atoms with E-state index in [1.807, 2.05) is 48.6 Å². The van der Waals surface area contributed by atoms with Crippen molar-refractivity contribution in [2.75, 3.05) is 31.1 Å². The average Bonchev–Trinajstić information content (AvgIpc) is 3.16. The maximum absolute atomic E-state index is 12.8. The number of nitrogens with zero attached hydrogens (tertiary/aromatic N) is 4. The largest absolute Gasteiger partial charge is 0.353 e. The van der Waals surface area contributed by atoms with Gasteiger partial charge in [-0.15, -0.1) is 11.3 Å². The molecule has 3 heterocycles. The van der Waals surface area contributed by atoms with Gasteiger partial charge in [0, 0.05) is 36.5 Å². The lowest BCUT2D eigenvalue weighted by molar-refractivity contribution is 0.389. The summed E-state index contributed by atoms with van der Waals surface area (Å²) in [4.78, 5) is 14.3. The summed E-state index contributed by atoms with van der Waals surface area (Å²) in [5.41, 5.74) is 2.30. The van der Waals surface area contributed by atoms with Crippen LogP contribution in [0.3, 0.4) is 0 Å². The first-order valence-electron chi connectivity index (χ1n) is 10.8. The summed E-state index contributed by atoms with van der Waals surface area (Å²) < 4.78 is 27.2. The molecule has 1 aromatic carbocycles. The molecule has 6 nitrogen and oxygen atoms in total. The van der Waals surface area contributed by atoms with Crippen molar-refractivity contribution in [3.63, 3.8) is 0 Å². The van der Waals surface area contributed by atoms with Crippen molar-refractivity contribution < 1.29 is 8.42 Å². The van der Waals surface area contributed by atoms with Gasteiger partial charge in [-0.05, 0) is 49.8 Å². The number of piperazine rings is 1. The van der Waals surface area contributed by atoms with E-state index >= 15 is 0 Å². The number of rotatable bonds is 4. The summed E-state index contributed by atoms with van der Waals surface area (Å²) in [7, 11) is -3.45. The number of fused-ring (bicyclic) bond motifs is 3. The zero-order chi connectivity index (χ0) is 21.4. The van der Waals surface area contributed by atoms with E-state index in [0.29, 0.717) is 26.2 Å². The van der Waals surface area contributed by atoms with Crippen LogP contribution in [0.2, 0.25) is 0 Å². The number of thiophene rings is 1. The highest BCUT2D eigenvalue weighted by Gasteiger charge is 2.29. The van der Waals surface area contributed by atoms with E-state index in [0.717, 1.165) is 34.9 Å². The molecule has 162 valence electrons. The molecule has 1 aliphatic heterocycles. The van der Waals surface area contributed by atoms with Gasteiger partial charge in [-0.25, -0.2) is 18.4 Å². The molecule has 31 heavy (non-hydrogen) atoms. The molecule has 3 aromatic rings. The second-order valence-electron chi connectivity index (χ2n) is 8.13. The minimum Gasteiger partial charge on any atom is -0.353 e. The molecule has 0 atom stereocenters. The maximum atomic E-state index is 12.8. The summed E-state index contributed by atoms with van der Waals surface area (Å²) in [5, 5.41) is 2.52. The van der Waals surface area contributed by atoms with Gasteiger partial charge in [0.1, 0.15) is 16.5 Å². The molecular weight excluding hydrogens is 428 g/mol. The van der Waals surface area contributed by atoms with Crippen molar-refractivity contribution in [2.45, 2.75) is 32.6 Å². The maximum Gasteiger partial charge on any atom is 0.236 e. The van der Waals surface area contributed by atoms with Crippen LogP contribution in [0.1, 0.15) is 34.7 Å². The Morgan fingerprint density at radius 2 is 1.74 bits per heavy atom. The van der Waals surface area contributed by atoms with E-state index in [1.165, 1.54) is 34.1 Å². The lowest BCUT2D eigenvalue weighted by Gasteiger charge is -2.34. The van der Waals surface area contributed by atoms with Crippen LogP contribution in [-0.4, -0.2) is 48.9 Å². The Balaban J connectivity index is 1.37. The molecule has 8 heteroatoms. The highest BCUT2D eigenvalue weighted by Crippen LogP contribution is 2.40. The number of hydrogen-bond acceptors (Lipinski definition) is 6. The van der Waals surface area contributed by atoms with Crippen LogP contribution in [0.5, 0.6) is 0 Å². The monoisotopic (exact) mass is 454 g/mol. The molecular formula is C23H26N4O2S2. The van der Waals surface area contributed by atoms with Crippen LogP contribution < -0.4 is 4.90 Å². The number of aryl methyl sites for hydroxylation is 3. The van der Waals surface area contributed by atoms with Gasteiger partial charge in [0.25, 0.3) is 0 Å². The average molecular weight is 455 g/mol. The standard InChI is InChI=1S/C23H26N4O2S2/c1-17-24-22(21-19-9-5-6-10-20(19)30-23(21)25-17)26-12-14-27(15-13-26)31(28,29)16-11-18-7-3-2-4-8-18/h2-4,7-8,11,16H,5-6,9-10,12-15H2,1H3. The number of hydrogen-bond donors (Lipinski definition) is 0. The van der Waals surface area contributed by atoms with Crippen LogP contribution in [0.25, 0.3) is 16.3 Å². The summed E-state index contributed by atoms with van der Waals surface area (Å²) in [5.74, 6) is 1.76. The highest BCUT2D eigenvalue weighted by atomic mass is 32.2. The van der Waals surface area contributed by atoms with E-state index in [-0.39, 0.29) is 0 Å². The summed E-state index contributed by atoms with van der Waals surface area (Å²) in [6.45, 7) is 4.12. The van der Waals surface area contributed by atoms with Crippen LogP contribution in [0.15, 0.2) is 35.7 Å². The van der Waals surface area contributed by atoms with Gasteiger partial charge in [-0.3, -0.25) is 0 Å². The molecule has 0 radical (unpaired) electrons. The Morgan fingerprint density at radius 1 is 1.00 bits per heavy atom. The van der Waals surface area contributed by atoms with Crippen molar-refractivity contribution in [3.05, 3.63) is 57.6 Å². The number of sulfonamides is 1. The third-order valence-electron chi connectivity index (χ3n) is 6.04. The molecule has 2 aromatic heterocycles. The van der Waals surface area contributed by atoms with Gasteiger partial charge in [-0.2, -0.15) is 4.31 Å². The van der Waals surface area contributed by atoms with E-state index in [1.54, 1.807) is 10.4 Å². The predicted octanol–water partition coefficient (Wildman–Crippen LogP) is 4.00. The number of anilines is 1.